The van der Waals surface area contributed by atoms with Crippen LogP contribution in [0.1, 0.15) is 12.8 Å². The highest BCUT2D eigenvalue weighted by Crippen LogP contribution is 2.33. The molecule has 2 aliphatic heterocycles. The van der Waals surface area contributed by atoms with Crippen LogP contribution in [-0.2, 0) is 10.0 Å². The van der Waals surface area contributed by atoms with Gasteiger partial charge in [-0.3, -0.25) is 10.1 Å². The maximum Gasteiger partial charge on any atom is 0.269 e. The first kappa shape index (κ1) is 13.5. The lowest BCUT2D eigenvalue weighted by atomic mass is 10.2. The van der Waals surface area contributed by atoms with Crippen molar-refractivity contribution in [1.82, 2.24) is 9.62 Å². The number of fused-ring (bicyclic) bond motifs is 2. The molecule has 108 valence electrons. The second-order valence-corrected chi connectivity index (χ2v) is 6.97. The Balaban J connectivity index is 1.94. The Morgan fingerprint density at radius 1 is 1.15 bits per heavy atom. The number of benzene rings is 1. The predicted octanol–water partition coefficient (Wildman–Crippen LogP) is 0.720. The van der Waals surface area contributed by atoms with E-state index in [-0.39, 0.29) is 22.7 Å². The highest BCUT2D eigenvalue weighted by molar-refractivity contribution is 7.89. The van der Waals surface area contributed by atoms with Gasteiger partial charge in [-0.2, -0.15) is 4.31 Å². The molecule has 2 atom stereocenters. The van der Waals surface area contributed by atoms with Crippen LogP contribution in [0, 0.1) is 10.1 Å². The largest absolute Gasteiger partial charge is 0.314 e. The number of nitro groups is 1. The van der Waals surface area contributed by atoms with Gasteiger partial charge in [0.05, 0.1) is 9.82 Å². The van der Waals surface area contributed by atoms with Gasteiger partial charge in [0, 0.05) is 37.3 Å². The van der Waals surface area contributed by atoms with E-state index in [9.17, 15) is 18.5 Å². The van der Waals surface area contributed by atoms with Gasteiger partial charge in [-0.15, -0.1) is 0 Å². The average Bonchev–Trinajstić information content (AvgIpc) is 2.70. The van der Waals surface area contributed by atoms with Crippen LogP contribution in [-0.4, -0.2) is 42.8 Å². The first-order chi connectivity index (χ1) is 9.50. The minimum Gasteiger partial charge on any atom is -0.314 e. The van der Waals surface area contributed by atoms with Crippen LogP contribution in [0.4, 0.5) is 5.69 Å². The minimum atomic E-state index is -3.57. The summed E-state index contributed by atoms with van der Waals surface area (Å²) in [5.41, 5.74) is -0.104. The second kappa shape index (κ2) is 4.80. The number of rotatable bonds is 3. The molecule has 0 aliphatic carbocycles. The lowest BCUT2D eigenvalue weighted by molar-refractivity contribution is -0.384. The molecule has 7 nitrogen and oxygen atoms in total. The monoisotopic (exact) mass is 297 g/mol. The summed E-state index contributed by atoms with van der Waals surface area (Å²) in [6.45, 7) is 1.34. The summed E-state index contributed by atoms with van der Waals surface area (Å²) >= 11 is 0. The molecule has 2 aliphatic rings. The average molecular weight is 297 g/mol. The fourth-order valence-corrected chi connectivity index (χ4v) is 4.86. The van der Waals surface area contributed by atoms with Gasteiger partial charge >= 0.3 is 0 Å². The predicted molar refractivity (Wildman–Crippen MR) is 71.8 cm³/mol. The summed E-state index contributed by atoms with van der Waals surface area (Å²) in [6, 6.07) is 5.08. The van der Waals surface area contributed by atoms with E-state index in [4.69, 9.17) is 0 Å². The zero-order chi connectivity index (χ0) is 14.3. The minimum absolute atomic E-state index is 0.00561. The summed E-state index contributed by atoms with van der Waals surface area (Å²) in [4.78, 5) is 10.2. The highest BCUT2D eigenvalue weighted by Gasteiger charge is 2.44. The van der Waals surface area contributed by atoms with E-state index in [2.05, 4.69) is 5.32 Å². The van der Waals surface area contributed by atoms with Crippen molar-refractivity contribution in [3.63, 3.8) is 0 Å². The number of nitro benzene ring substituents is 1. The van der Waals surface area contributed by atoms with Crippen molar-refractivity contribution in [2.45, 2.75) is 29.8 Å². The molecule has 0 amide bonds. The molecule has 2 bridgehead atoms. The molecule has 0 saturated carbocycles. The quantitative estimate of drug-likeness (QED) is 0.655. The Bertz CT molecular complexity index is 613. The summed E-state index contributed by atoms with van der Waals surface area (Å²) in [5.74, 6) is 0. The van der Waals surface area contributed by atoms with Gasteiger partial charge in [0.1, 0.15) is 0 Å². The molecule has 1 N–H and O–H groups in total. The van der Waals surface area contributed by atoms with E-state index in [0.717, 1.165) is 12.8 Å². The van der Waals surface area contributed by atoms with Crippen LogP contribution in [0.15, 0.2) is 29.2 Å². The van der Waals surface area contributed by atoms with Crippen molar-refractivity contribution in [1.29, 1.82) is 0 Å². The van der Waals surface area contributed by atoms with Crippen molar-refractivity contribution in [3.05, 3.63) is 34.4 Å². The molecule has 2 saturated heterocycles. The van der Waals surface area contributed by atoms with Crippen LogP contribution in [0.3, 0.4) is 0 Å². The summed E-state index contributed by atoms with van der Waals surface area (Å²) in [5, 5.41) is 13.8. The maximum absolute atomic E-state index is 12.7. The molecule has 20 heavy (non-hydrogen) atoms. The van der Waals surface area contributed by atoms with Crippen LogP contribution in [0.25, 0.3) is 0 Å². The van der Waals surface area contributed by atoms with Gasteiger partial charge in [0.25, 0.3) is 5.69 Å². The van der Waals surface area contributed by atoms with Crippen LogP contribution < -0.4 is 5.32 Å². The third-order valence-corrected chi connectivity index (χ3v) is 5.96. The van der Waals surface area contributed by atoms with Gasteiger partial charge in [-0.1, -0.05) is 0 Å². The Morgan fingerprint density at radius 2 is 1.70 bits per heavy atom. The standard InChI is InChI=1S/C12H15N3O4S/c16-15(17)9-3-5-12(6-4-9)20(18,19)14-10-1-2-11(14)8-13-7-10/h3-6,10-11,13H,1-2,7-8H2. The number of nitrogens with zero attached hydrogens (tertiary/aromatic N) is 2. The van der Waals surface area contributed by atoms with E-state index in [1.165, 1.54) is 24.3 Å². The Hall–Kier alpha value is -1.51. The van der Waals surface area contributed by atoms with E-state index >= 15 is 0 Å². The zero-order valence-corrected chi connectivity index (χ0v) is 11.5. The topological polar surface area (TPSA) is 92.5 Å². The molecule has 0 radical (unpaired) electrons. The summed E-state index contributed by atoms with van der Waals surface area (Å²) in [6.07, 6.45) is 1.73. The summed E-state index contributed by atoms with van der Waals surface area (Å²) < 4.78 is 26.9. The lowest BCUT2D eigenvalue weighted by Crippen LogP contribution is -2.53. The molecule has 0 spiro atoms. The molecule has 2 fully saturated rings. The van der Waals surface area contributed by atoms with Gasteiger partial charge < -0.3 is 5.32 Å². The smallest absolute Gasteiger partial charge is 0.269 e. The normalized spacial score (nSPS) is 26.6. The molecule has 2 heterocycles. The van der Waals surface area contributed by atoms with E-state index < -0.39 is 14.9 Å². The Labute approximate surface area is 116 Å². The number of hydrogen-bond donors (Lipinski definition) is 1. The molecule has 1 aromatic carbocycles. The number of sulfonamides is 1. The van der Waals surface area contributed by atoms with Crippen LogP contribution >= 0.6 is 0 Å². The van der Waals surface area contributed by atoms with Gasteiger partial charge in [-0.05, 0) is 25.0 Å². The SMILES string of the molecule is O=[N+]([O-])c1ccc(S(=O)(=O)N2C3CCC2CNC3)cc1. The number of nitrogens with one attached hydrogen (secondary N) is 1. The van der Waals surface area contributed by atoms with Gasteiger partial charge in [-0.25, -0.2) is 8.42 Å². The third-order valence-electron chi connectivity index (χ3n) is 3.94. The second-order valence-electron chi connectivity index (χ2n) is 5.13. The Morgan fingerprint density at radius 3 is 2.20 bits per heavy atom. The van der Waals surface area contributed by atoms with Crippen LogP contribution in [0.2, 0.25) is 0 Å². The Kier molecular flexibility index (Phi) is 3.23. The van der Waals surface area contributed by atoms with E-state index in [1.54, 1.807) is 4.31 Å². The molecule has 0 aromatic heterocycles. The molecule has 3 rings (SSSR count). The number of non-ortho nitro benzene ring substituents is 1. The lowest BCUT2D eigenvalue weighted by Gasteiger charge is -2.34. The van der Waals surface area contributed by atoms with Crippen molar-refractivity contribution >= 4 is 15.7 Å². The first-order valence-corrected chi connectivity index (χ1v) is 7.93. The van der Waals surface area contributed by atoms with Crippen LogP contribution in [0.5, 0.6) is 0 Å². The fraction of sp³-hybridized carbons (Fsp3) is 0.500. The van der Waals surface area contributed by atoms with E-state index in [0.29, 0.717) is 13.1 Å². The highest BCUT2D eigenvalue weighted by atomic mass is 32.2. The fourth-order valence-electron chi connectivity index (χ4n) is 2.99. The molecule has 8 heteroatoms. The first-order valence-electron chi connectivity index (χ1n) is 6.49. The van der Waals surface area contributed by atoms with E-state index in [1.807, 2.05) is 0 Å². The zero-order valence-electron chi connectivity index (χ0n) is 10.7. The van der Waals surface area contributed by atoms with Gasteiger partial charge in [0.2, 0.25) is 10.0 Å². The van der Waals surface area contributed by atoms with Gasteiger partial charge in [0.15, 0.2) is 0 Å². The molecule has 1 aromatic rings. The molecular weight excluding hydrogens is 282 g/mol. The number of piperazine rings is 1. The maximum atomic E-state index is 12.7. The third kappa shape index (κ3) is 2.09. The van der Waals surface area contributed by atoms with Crippen molar-refractivity contribution < 1.29 is 13.3 Å². The van der Waals surface area contributed by atoms with Crippen molar-refractivity contribution in [2.24, 2.45) is 0 Å². The summed E-state index contributed by atoms with van der Waals surface area (Å²) in [7, 11) is -3.57. The number of hydrogen-bond acceptors (Lipinski definition) is 5. The van der Waals surface area contributed by atoms with Crippen molar-refractivity contribution in [2.75, 3.05) is 13.1 Å². The molecule has 2 unspecified atom stereocenters. The van der Waals surface area contributed by atoms with Crippen molar-refractivity contribution in [3.8, 4) is 0 Å². The molecular formula is C12H15N3O4S.